The number of piperidine rings is 1. The number of sulfonamides is 1. The van der Waals surface area contributed by atoms with E-state index in [9.17, 15) is 13.2 Å². The number of nitrogens with two attached hydrogens (primary N) is 1. The van der Waals surface area contributed by atoms with Gasteiger partial charge in [-0.15, -0.1) is 12.4 Å². The molecule has 0 spiro atoms. The monoisotopic (exact) mass is 375 g/mol. The topological polar surface area (TPSA) is 92.5 Å². The Labute approximate surface area is 150 Å². The van der Waals surface area contributed by atoms with Crippen molar-refractivity contribution < 1.29 is 13.2 Å². The first-order valence-corrected chi connectivity index (χ1v) is 9.42. The van der Waals surface area contributed by atoms with Crippen molar-refractivity contribution in [1.82, 2.24) is 9.62 Å². The predicted molar refractivity (Wildman–Crippen MR) is 96.4 cm³/mol. The van der Waals surface area contributed by atoms with E-state index in [2.05, 4.69) is 5.32 Å². The minimum absolute atomic E-state index is 0. The van der Waals surface area contributed by atoms with Crippen LogP contribution in [-0.4, -0.2) is 44.8 Å². The molecule has 0 saturated carbocycles. The number of hydrogen-bond donors (Lipinski definition) is 2. The average Bonchev–Trinajstić information content (AvgIpc) is 2.60. The van der Waals surface area contributed by atoms with Gasteiger partial charge in [0.15, 0.2) is 0 Å². The number of rotatable bonds is 6. The lowest BCUT2D eigenvalue weighted by atomic mass is 9.98. The third kappa shape index (κ3) is 5.17. The Morgan fingerprint density at radius 1 is 1.38 bits per heavy atom. The van der Waals surface area contributed by atoms with Crippen LogP contribution in [0.3, 0.4) is 0 Å². The Bertz CT molecular complexity index is 625. The minimum atomic E-state index is -3.53. The van der Waals surface area contributed by atoms with Gasteiger partial charge in [-0.1, -0.05) is 25.1 Å². The SMILES string of the molecule is CC(CN)CNC(=O)C1CCCN(S(=O)(=O)c2ccccc2)C1.Cl. The van der Waals surface area contributed by atoms with Crippen LogP contribution in [0.1, 0.15) is 19.8 Å². The second kappa shape index (κ2) is 9.36. The third-order valence-electron chi connectivity index (χ3n) is 4.16. The molecule has 2 rings (SSSR count). The van der Waals surface area contributed by atoms with Gasteiger partial charge in [0.05, 0.1) is 10.8 Å². The number of amides is 1. The molecule has 0 bridgehead atoms. The van der Waals surface area contributed by atoms with E-state index in [0.29, 0.717) is 32.5 Å². The molecule has 1 aliphatic rings. The zero-order valence-corrected chi connectivity index (χ0v) is 15.5. The van der Waals surface area contributed by atoms with E-state index in [-0.39, 0.29) is 41.6 Å². The fourth-order valence-corrected chi connectivity index (χ4v) is 4.16. The van der Waals surface area contributed by atoms with Crippen LogP contribution in [0.2, 0.25) is 0 Å². The molecule has 1 heterocycles. The van der Waals surface area contributed by atoms with Crippen molar-refractivity contribution in [3.05, 3.63) is 30.3 Å². The standard InChI is InChI=1S/C16H25N3O3S.ClH/c1-13(10-17)11-18-16(20)14-6-5-9-19(12-14)23(21,22)15-7-3-2-4-8-15;/h2-4,7-8,13-14H,5-6,9-12,17H2,1H3,(H,18,20);1H. The number of halogens is 1. The van der Waals surface area contributed by atoms with Crippen molar-refractivity contribution in [2.75, 3.05) is 26.2 Å². The van der Waals surface area contributed by atoms with Gasteiger partial charge in [-0.2, -0.15) is 4.31 Å². The van der Waals surface area contributed by atoms with Gasteiger partial charge in [-0.25, -0.2) is 8.42 Å². The molecule has 0 aliphatic carbocycles. The van der Waals surface area contributed by atoms with Crippen LogP contribution in [-0.2, 0) is 14.8 Å². The largest absolute Gasteiger partial charge is 0.356 e. The Kier molecular flexibility index (Phi) is 8.15. The van der Waals surface area contributed by atoms with Crippen molar-refractivity contribution in [1.29, 1.82) is 0 Å². The fraction of sp³-hybridized carbons (Fsp3) is 0.562. The summed E-state index contributed by atoms with van der Waals surface area (Å²) in [5, 5.41) is 2.87. The number of carbonyl (C=O) groups excluding carboxylic acids is 1. The zero-order valence-electron chi connectivity index (χ0n) is 13.8. The van der Waals surface area contributed by atoms with Crippen molar-refractivity contribution in [2.45, 2.75) is 24.7 Å². The molecule has 6 nitrogen and oxygen atoms in total. The van der Waals surface area contributed by atoms with Gasteiger partial charge in [0, 0.05) is 19.6 Å². The molecule has 0 aromatic heterocycles. The summed E-state index contributed by atoms with van der Waals surface area (Å²) < 4.78 is 26.7. The summed E-state index contributed by atoms with van der Waals surface area (Å²) in [5.74, 6) is -0.169. The van der Waals surface area contributed by atoms with Gasteiger partial charge in [0.25, 0.3) is 0 Å². The maximum atomic E-state index is 12.6. The summed E-state index contributed by atoms with van der Waals surface area (Å²) in [6.45, 7) is 3.70. The molecule has 24 heavy (non-hydrogen) atoms. The van der Waals surface area contributed by atoms with E-state index >= 15 is 0 Å². The number of benzene rings is 1. The molecule has 1 aromatic rings. The van der Waals surface area contributed by atoms with Crippen molar-refractivity contribution >= 4 is 28.3 Å². The van der Waals surface area contributed by atoms with Crippen molar-refractivity contribution in [3.8, 4) is 0 Å². The highest BCUT2D eigenvalue weighted by Gasteiger charge is 2.33. The Balaban J connectivity index is 0.00000288. The van der Waals surface area contributed by atoms with Gasteiger partial charge >= 0.3 is 0 Å². The number of nitrogens with one attached hydrogen (secondary N) is 1. The van der Waals surface area contributed by atoms with E-state index in [0.717, 1.165) is 0 Å². The van der Waals surface area contributed by atoms with Crippen LogP contribution in [0.15, 0.2) is 35.2 Å². The number of carbonyl (C=O) groups is 1. The van der Waals surface area contributed by atoms with Crippen molar-refractivity contribution in [3.63, 3.8) is 0 Å². The number of hydrogen-bond acceptors (Lipinski definition) is 4. The maximum absolute atomic E-state index is 12.6. The summed E-state index contributed by atoms with van der Waals surface area (Å²) in [6, 6.07) is 8.36. The van der Waals surface area contributed by atoms with Crippen LogP contribution in [0.25, 0.3) is 0 Å². The Morgan fingerprint density at radius 2 is 2.04 bits per heavy atom. The average molecular weight is 376 g/mol. The predicted octanol–water partition coefficient (Wildman–Crippen LogP) is 1.22. The minimum Gasteiger partial charge on any atom is -0.356 e. The molecule has 1 aromatic carbocycles. The van der Waals surface area contributed by atoms with E-state index in [4.69, 9.17) is 5.73 Å². The van der Waals surface area contributed by atoms with E-state index < -0.39 is 10.0 Å². The zero-order chi connectivity index (χ0) is 16.9. The quantitative estimate of drug-likeness (QED) is 0.781. The van der Waals surface area contributed by atoms with Crippen LogP contribution < -0.4 is 11.1 Å². The number of nitrogens with zero attached hydrogens (tertiary/aromatic N) is 1. The summed E-state index contributed by atoms with van der Waals surface area (Å²) >= 11 is 0. The summed E-state index contributed by atoms with van der Waals surface area (Å²) in [6.07, 6.45) is 1.40. The smallest absolute Gasteiger partial charge is 0.243 e. The molecule has 0 radical (unpaired) electrons. The summed E-state index contributed by atoms with van der Waals surface area (Å²) in [4.78, 5) is 12.5. The van der Waals surface area contributed by atoms with Crippen molar-refractivity contribution in [2.24, 2.45) is 17.6 Å². The van der Waals surface area contributed by atoms with Gasteiger partial charge < -0.3 is 11.1 Å². The molecule has 1 aliphatic heterocycles. The molecule has 3 N–H and O–H groups in total. The normalized spacial score (nSPS) is 20.0. The second-order valence-electron chi connectivity index (χ2n) is 6.10. The lowest BCUT2D eigenvalue weighted by Crippen LogP contribution is -2.46. The third-order valence-corrected chi connectivity index (χ3v) is 6.04. The molecule has 2 unspecified atom stereocenters. The first kappa shape index (κ1) is 20.9. The highest BCUT2D eigenvalue weighted by molar-refractivity contribution is 7.89. The van der Waals surface area contributed by atoms with Gasteiger partial charge in [-0.3, -0.25) is 4.79 Å². The molecule has 1 amide bonds. The molecule has 1 saturated heterocycles. The lowest BCUT2D eigenvalue weighted by molar-refractivity contribution is -0.126. The van der Waals surface area contributed by atoms with Crippen LogP contribution in [0.4, 0.5) is 0 Å². The molecule has 136 valence electrons. The molecular formula is C16H26ClN3O3S. The van der Waals surface area contributed by atoms with Crippen LogP contribution >= 0.6 is 12.4 Å². The van der Waals surface area contributed by atoms with Gasteiger partial charge in [0.2, 0.25) is 15.9 Å². The van der Waals surface area contributed by atoms with Crippen LogP contribution in [0.5, 0.6) is 0 Å². The van der Waals surface area contributed by atoms with E-state index in [1.807, 2.05) is 6.92 Å². The molecule has 8 heteroatoms. The van der Waals surface area contributed by atoms with E-state index in [1.165, 1.54) is 4.31 Å². The molecule has 2 atom stereocenters. The second-order valence-corrected chi connectivity index (χ2v) is 8.04. The summed E-state index contributed by atoms with van der Waals surface area (Å²) in [7, 11) is -3.53. The molecule has 1 fully saturated rings. The molecular weight excluding hydrogens is 350 g/mol. The highest BCUT2D eigenvalue weighted by Crippen LogP contribution is 2.23. The lowest BCUT2D eigenvalue weighted by Gasteiger charge is -2.31. The first-order chi connectivity index (χ1) is 10.9. The van der Waals surface area contributed by atoms with Gasteiger partial charge in [-0.05, 0) is 37.4 Å². The van der Waals surface area contributed by atoms with Crippen LogP contribution in [0, 0.1) is 11.8 Å². The maximum Gasteiger partial charge on any atom is 0.243 e. The summed E-state index contributed by atoms with van der Waals surface area (Å²) in [5.41, 5.74) is 5.54. The van der Waals surface area contributed by atoms with Gasteiger partial charge in [0.1, 0.15) is 0 Å². The highest BCUT2D eigenvalue weighted by atomic mass is 35.5. The Hall–Kier alpha value is -1.15. The Morgan fingerprint density at radius 3 is 2.67 bits per heavy atom. The first-order valence-electron chi connectivity index (χ1n) is 7.98. The fourth-order valence-electron chi connectivity index (χ4n) is 2.62. The van der Waals surface area contributed by atoms with E-state index in [1.54, 1.807) is 30.3 Å².